The van der Waals surface area contributed by atoms with E-state index >= 15 is 0 Å². The predicted octanol–water partition coefficient (Wildman–Crippen LogP) is -7.88. The summed E-state index contributed by atoms with van der Waals surface area (Å²) in [6.07, 6.45) is 0. The molecule has 0 aromatic heterocycles. The zero-order chi connectivity index (χ0) is 6.28. The van der Waals surface area contributed by atoms with Crippen LogP contribution in [-0.4, -0.2) is 9.79 Å². The average molecular weight is 190 g/mol. The van der Waals surface area contributed by atoms with Crippen LogP contribution in [0.25, 0.3) is 0 Å². The second kappa shape index (κ2) is 22.4. The summed E-state index contributed by atoms with van der Waals surface area (Å²) in [7, 11) is -3.95. The molecule has 0 spiro atoms. The molecule has 44 valence electrons. The van der Waals surface area contributed by atoms with Gasteiger partial charge >= 0.3 is 59.1 Å². The van der Waals surface area contributed by atoms with Crippen LogP contribution in [0.3, 0.4) is 0 Å². The fourth-order valence-electron chi connectivity index (χ4n) is 0. The Morgan fingerprint density at radius 1 is 1.33 bits per heavy atom. The van der Waals surface area contributed by atoms with Crippen molar-refractivity contribution >= 4 is 17.3 Å². The van der Waals surface area contributed by atoms with Gasteiger partial charge in [-0.3, -0.25) is 4.57 Å². The van der Waals surface area contributed by atoms with Crippen LogP contribution in [0.5, 0.6) is 0 Å². The van der Waals surface area contributed by atoms with E-state index < -0.39 is 17.3 Å². The van der Waals surface area contributed by atoms with E-state index in [1.807, 2.05) is 0 Å². The summed E-state index contributed by atoms with van der Waals surface area (Å²) in [5, 5.41) is 0. The second-order valence-electron chi connectivity index (χ2n) is 0.327. The van der Waals surface area contributed by atoms with Gasteiger partial charge in [0.05, 0.1) is 17.3 Å². The Balaban J connectivity index is -0.0000000233. The summed E-state index contributed by atoms with van der Waals surface area (Å²) in [4.78, 5) is 31.3. The molecule has 0 aromatic rings. The second-order valence-corrected chi connectivity index (χ2v) is 0.982. The van der Waals surface area contributed by atoms with Crippen molar-refractivity contribution in [3.05, 3.63) is 0 Å². The molecule has 2 N–H and O–H groups in total. The van der Waals surface area contributed by atoms with Gasteiger partial charge in [0.25, 0.3) is 0 Å². The zero-order valence-corrected chi connectivity index (χ0v) is 10.8. The van der Waals surface area contributed by atoms with Gasteiger partial charge in [-0.1, -0.05) is 0 Å². The van der Waals surface area contributed by atoms with E-state index in [9.17, 15) is 0 Å². The maximum atomic E-state index is 8.70. The molecule has 0 saturated heterocycles. The summed E-state index contributed by atoms with van der Waals surface area (Å²) in [5.74, 6) is 0. The molecule has 0 aliphatic rings. The van der Waals surface area contributed by atoms with E-state index in [-0.39, 0.29) is 59.1 Å². The van der Waals surface area contributed by atoms with Crippen molar-refractivity contribution in [3.8, 4) is 0 Å². The molecule has 0 aromatic carbocycles. The first-order valence-electron chi connectivity index (χ1n) is 0.948. The first kappa shape index (κ1) is 22.5. The van der Waals surface area contributed by atoms with Gasteiger partial charge in [-0.2, -0.15) is 0 Å². The summed E-state index contributed by atoms with van der Waals surface area (Å²) in [6.45, 7) is 0. The molecule has 0 amide bonds. The third-order valence-corrected chi connectivity index (χ3v) is 0. The number of hydrogen-bond donors (Lipinski definition) is 2. The minimum absolute atomic E-state index is 0. The van der Waals surface area contributed by atoms with Crippen LogP contribution >= 0.6 is 17.3 Å². The fraction of sp³-hybridized carbons (Fsp3) is 0. The Kier molecular flexibility index (Phi) is 56.1. The molecule has 0 aliphatic carbocycles. The van der Waals surface area contributed by atoms with E-state index in [2.05, 4.69) is 0 Å². The van der Waals surface area contributed by atoms with Crippen LogP contribution in [0.1, 0.15) is 0 Å². The molecule has 0 atom stereocenters. The minimum atomic E-state index is -2.87. The molecule has 0 radical (unpaired) electrons. The zero-order valence-electron chi connectivity index (χ0n) is 5.01. The molecule has 0 unspecified atom stereocenters. The third-order valence-electron chi connectivity index (χ3n) is 0. The maximum absolute atomic E-state index is 8.70. The van der Waals surface area contributed by atoms with E-state index in [1.165, 1.54) is 0 Å². The van der Waals surface area contributed by atoms with Crippen molar-refractivity contribution in [2.75, 3.05) is 0 Å². The molecule has 0 heterocycles. The molecular weight excluding hydrogens is 188 g/mol. The topological polar surface area (TPSA) is 104 Å². The fourth-order valence-corrected chi connectivity index (χ4v) is 0. The summed E-state index contributed by atoms with van der Waals surface area (Å²) < 4.78 is 8.35. The van der Waals surface area contributed by atoms with Gasteiger partial charge < -0.3 is 19.6 Å². The summed E-state index contributed by atoms with van der Waals surface area (Å²) >= 11 is 0. The molecule has 0 saturated carbocycles. The van der Waals surface area contributed by atoms with Crippen molar-refractivity contribution < 1.29 is 83.3 Å². The largest absolute Gasteiger partial charge is 1.00 e. The van der Waals surface area contributed by atoms with Gasteiger partial charge in [0.1, 0.15) is 0 Å². The van der Waals surface area contributed by atoms with Crippen molar-refractivity contribution in [2.45, 2.75) is 0 Å². The standard InChI is InChI=1S/2Na.H2O3P.HO2P/c;;1-4(2)3;1-3-2/h;;1-2H;(H,1,2)/q2*+1;-1;/p-1. The number of rotatable bonds is 0. The molecular formula is H2Na2O5P2. The Labute approximate surface area is 99.4 Å². The van der Waals surface area contributed by atoms with Gasteiger partial charge in [-0.25, -0.2) is 0 Å². The first-order valence-corrected chi connectivity index (χ1v) is 2.84. The van der Waals surface area contributed by atoms with Crippen LogP contribution < -0.4 is 68.9 Å². The summed E-state index contributed by atoms with van der Waals surface area (Å²) in [6, 6.07) is 0. The van der Waals surface area contributed by atoms with Crippen LogP contribution in [0.2, 0.25) is 0 Å². The van der Waals surface area contributed by atoms with E-state index in [0.29, 0.717) is 0 Å². The molecule has 0 aliphatic heterocycles. The third kappa shape index (κ3) is 129. The van der Waals surface area contributed by atoms with Crippen LogP contribution in [0, 0.1) is 0 Å². The normalized spacial score (nSPS) is 6.33. The van der Waals surface area contributed by atoms with Crippen LogP contribution in [0.4, 0.5) is 0 Å². The predicted molar refractivity (Wildman–Crippen MR) is 19.0 cm³/mol. The minimum Gasteiger partial charge on any atom is -0.786 e. The molecule has 0 fully saturated rings. The monoisotopic (exact) mass is 190 g/mol. The first-order chi connectivity index (χ1) is 3.15. The summed E-state index contributed by atoms with van der Waals surface area (Å²) in [5.41, 5.74) is 0. The molecule has 9 heavy (non-hydrogen) atoms. The number of hydrogen-bond acceptors (Lipinski definition) is 5. The van der Waals surface area contributed by atoms with Gasteiger partial charge in [0.2, 0.25) is 0 Å². The molecule has 0 bridgehead atoms. The van der Waals surface area contributed by atoms with Crippen molar-refractivity contribution in [1.82, 2.24) is 0 Å². The SMILES string of the molecule is O=P[O-].[Na+].[Na+].[O-]P(O)O. The van der Waals surface area contributed by atoms with Crippen molar-refractivity contribution in [2.24, 2.45) is 0 Å². The van der Waals surface area contributed by atoms with Crippen LogP contribution in [-0.2, 0) is 4.57 Å². The van der Waals surface area contributed by atoms with Gasteiger partial charge in [0.15, 0.2) is 0 Å². The molecule has 9 heteroatoms. The van der Waals surface area contributed by atoms with Crippen LogP contribution in [0.15, 0.2) is 0 Å². The van der Waals surface area contributed by atoms with E-state index in [1.54, 1.807) is 0 Å². The van der Waals surface area contributed by atoms with Crippen molar-refractivity contribution in [1.29, 1.82) is 0 Å². The van der Waals surface area contributed by atoms with Gasteiger partial charge in [0, 0.05) is 0 Å². The van der Waals surface area contributed by atoms with E-state index in [0.717, 1.165) is 0 Å². The average Bonchev–Trinajstić information content (AvgIpc) is 1.33. The van der Waals surface area contributed by atoms with Gasteiger partial charge in [-0.15, -0.1) is 0 Å². The van der Waals surface area contributed by atoms with Gasteiger partial charge in [-0.05, 0) is 0 Å². The Morgan fingerprint density at radius 2 is 1.33 bits per heavy atom. The Hall–Kier alpha value is 2.37. The van der Waals surface area contributed by atoms with E-state index in [4.69, 9.17) is 24.1 Å². The van der Waals surface area contributed by atoms with Crippen molar-refractivity contribution in [3.63, 3.8) is 0 Å². The molecule has 5 nitrogen and oxygen atoms in total. The Bertz CT molecular complexity index is 37.2. The molecule has 0 rings (SSSR count). The smallest absolute Gasteiger partial charge is 0.786 e. The maximum Gasteiger partial charge on any atom is 1.00 e. The quantitative estimate of drug-likeness (QED) is 0.291. The Morgan fingerprint density at radius 3 is 1.33 bits per heavy atom.